The fourth-order valence-electron chi connectivity index (χ4n) is 2.76. The molecule has 0 bridgehead atoms. The number of imidazole rings is 1. The van der Waals surface area contributed by atoms with Gasteiger partial charge in [0, 0.05) is 13.1 Å². The molecule has 3 rings (SSSR count). The van der Waals surface area contributed by atoms with Crippen molar-refractivity contribution in [1.82, 2.24) is 14.9 Å². The predicted molar refractivity (Wildman–Crippen MR) is 105 cm³/mol. The van der Waals surface area contributed by atoms with Gasteiger partial charge in [-0.1, -0.05) is 43.2 Å². The zero-order valence-electron chi connectivity index (χ0n) is 13.2. The molecular formula is C17H24IN5. The first kappa shape index (κ1) is 17.8. The van der Waals surface area contributed by atoms with E-state index in [1.54, 1.807) is 0 Å². The van der Waals surface area contributed by atoms with Crippen LogP contribution < -0.4 is 5.73 Å². The third-order valence-corrected chi connectivity index (χ3v) is 4.03. The van der Waals surface area contributed by atoms with Gasteiger partial charge in [0.15, 0.2) is 5.96 Å². The van der Waals surface area contributed by atoms with E-state index in [0.29, 0.717) is 12.5 Å². The molecule has 1 aliphatic rings. The van der Waals surface area contributed by atoms with E-state index in [0.717, 1.165) is 30.2 Å². The summed E-state index contributed by atoms with van der Waals surface area (Å²) in [6, 6.07) is 10.2. The van der Waals surface area contributed by atoms with Crippen molar-refractivity contribution in [2.24, 2.45) is 10.7 Å². The molecule has 0 aliphatic carbocycles. The number of rotatable bonds is 3. The number of hydrogen-bond donors (Lipinski definition) is 2. The van der Waals surface area contributed by atoms with Gasteiger partial charge in [-0.15, -0.1) is 24.0 Å². The van der Waals surface area contributed by atoms with Crippen LogP contribution in [0.3, 0.4) is 0 Å². The topological polar surface area (TPSA) is 70.3 Å². The molecule has 1 saturated heterocycles. The fourth-order valence-corrected chi connectivity index (χ4v) is 2.76. The molecule has 0 atom stereocenters. The summed E-state index contributed by atoms with van der Waals surface area (Å²) in [6.45, 7) is 2.53. The van der Waals surface area contributed by atoms with Crippen LogP contribution in [0, 0.1) is 0 Å². The fraction of sp³-hybridized carbons (Fsp3) is 0.412. The highest BCUT2D eigenvalue weighted by atomic mass is 127. The van der Waals surface area contributed by atoms with Crippen LogP contribution in [0.25, 0.3) is 11.3 Å². The number of benzene rings is 1. The van der Waals surface area contributed by atoms with E-state index in [1.165, 1.54) is 25.7 Å². The molecule has 1 aromatic heterocycles. The Kier molecular flexibility index (Phi) is 6.88. The molecule has 6 heteroatoms. The number of halogens is 1. The van der Waals surface area contributed by atoms with Crippen molar-refractivity contribution in [3.63, 3.8) is 0 Å². The minimum Gasteiger partial charge on any atom is -0.370 e. The summed E-state index contributed by atoms with van der Waals surface area (Å²) < 4.78 is 0. The van der Waals surface area contributed by atoms with E-state index < -0.39 is 0 Å². The minimum absolute atomic E-state index is 0. The quantitative estimate of drug-likeness (QED) is 0.450. The highest BCUT2D eigenvalue weighted by Gasteiger charge is 2.11. The summed E-state index contributed by atoms with van der Waals surface area (Å²) in [4.78, 5) is 14.4. The van der Waals surface area contributed by atoms with E-state index in [-0.39, 0.29) is 24.0 Å². The molecule has 1 aromatic carbocycles. The lowest BCUT2D eigenvalue weighted by molar-refractivity contribution is 0.428. The van der Waals surface area contributed by atoms with Gasteiger partial charge >= 0.3 is 0 Å². The summed E-state index contributed by atoms with van der Waals surface area (Å²) in [5.74, 6) is 1.48. The van der Waals surface area contributed by atoms with Gasteiger partial charge in [-0.2, -0.15) is 0 Å². The van der Waals surface area contributed by atoms with Gasteiger partial charge < -0.3 is 15.6 Å². The molecule has 0 unspecified atom stereocenters. The maximum atomic E-state index is 6.12. The lowest BCUT2D eigenvalue weighted by atomic mass is 10.2. The number of nitrogens with zero attached hydrogens (tertiary/aromatic N) is 3. The van der Waals surface area contributed by atoms with E-state index in [1.807, 2.05) is 24.4 Å². The third kappa shape index (κ3) is 4.95. The molecule has 0 spiro atoms. The number of H-pyrrole nitrogens is 1. The molecule has 0 saturated carbocycles. The van der Waals surface area contributed by atoms with Crippen molar-refractivity contribution in [3.8, 4) is 11.3 Å². The number of aliphatic imine (C=N–C) groups is 1. The molecule has 0 radical (unpaired) electrons. The van der Waals surface area contributed by atoms with Crippen LogP contribution in [-0.4, -0.2) is 33.9 Å². The monoisotopic (exact) mass is 425 g/mol. The van der Waals surface area contributed by atoms with Crippen LogP contribution in [0.2, 0.25) is 0 Å². The number of nitrogens with one attached hydrogen (secondary N) is 1. The number of aromatic amines is 1. The van der Waals surface area contributed by atoms with E-state index in [2.05, 4.69) is 32.0 Å². The SMILES string of the molecule is I.NC(=NCc1ncc(-c2ccccc2)[nH]1)N1CCCCCC1. The second-order valence-electron chi connectivity index (χ2n) is 5.69. The molecule has 1 fully saturated rings. The van der Waals surface area contributed by atoms with Gasteiger partial charge in [-0.3, -0.25) is 0 Å². The first-order valence-corrected chi connectivity index (χ1v) is 7.97. The predicted octanol–water partition coefficient (Wildman–Crippen LogP) is 3.39. The Balaban J connectivity index is 0.00000192. The molecule has 0 amide bonds. The lowest BCUT2D eigenvalue weighted by Gasteiger charge is -2.20. The van der Waals surface area contributed by atoms with Crippen molar-refractivity contribution < 1.29 is 0 Å². The maximum absolute atomic E-state index is 6.12. The van der Waals surface area contributed by atoms with Crippen LogP contribution in [-0.2, 0) is 6.54 Å². The Labute approximate surface area is 154 Å². The zero-order valence-corrected chi connectivity index (χ0v) is 15.6. The second-order valence-corrected chi connectivity index (χ2v) is 5.69. The zero-order chi connectivity index (χ0) is 15.2. The minimum atomic E-state index is 0. The van der Waals surface area contributed by atoms with Crippen molar-refractivity contribution in [2.75, 3.05) is 13.1 Å². The Morgan fingerprint density at radius 1 is 1.13 bits per heavy atom. The Morgan fingerprint density at radius 2 is 1.83 bits per heavy atom. The smallest absolute Gasteiger partial charge is 0.191 e. The Morgan fingerprint density at radius 3 is 2.52 bits per heavy atom. The van der Waals surface area contributed by atoms with Crippen molar-refractivity contribution in [3.05, 3.63) is 42.4 Å². The maximum Gasteiger partial charge on any atom is 0.191 e. The molecule has 1 aliphatic heterocycles. The summed E-state index contributed by atoms with van der Waals surface area (Å²) in [6.07, 6.45) is 6.84. The molecule has 23 heavy (non-hydrogen) atoms. The molecular weight excluding hydrogens is 401 g/mol. The van der Waals surface area contributed by atoms with Crippen LogP contribution >= 0.6 is 24.0 Å². The molecule has 3 N–H and O–H groups in total. The van der Waals surface area contributed by atoms with Crippen LogP contribution in [0.15, 0.2) is 41.5 Å². The summed E-state index contributed by atoms with van der Waals surface area (Å²) >= 11 is 0. The van der Waals surface area contributed by atoms with Crippen molar-refractivity contribution in [2.45, 2.75) is 32.2 Å². The molecule has 124 valence electrons. The largest absolute Gasteiger partial charge is 0.370 e. The van der Waals surface area contributed by atoms with Crippen LogP contribution in [0.5, 0.6) is 0 Å². The number of aromatic nitrogens is 2. The molecule has 2 heterocycles. The van der Waals surface area contributed by atoms with Gasteiger partial charge in [0.1, 0.15) is 12.4 Å². The Bertz CT molecular complexity index is 615. The van der Waals surface area contributed by atoms with Crippen LogP contribution in [0.4, 0.5) is 0 Å². The van der Waals surface area contributed by atoms with Crippen molar-refractivity contribution in [1.29, 1.82) is 0 Å². The highest BCUT2D eigenvalue weighted by Crippen LogP contribution is 2.16. The van der Waals surface area contributed by atoms with E-state index >= 15 is 0 Å². The van der Waals surface area contributed by atoms with Gasteiger partial charge in [0.2, 0.25) is 0 Å². The van der Waals surface area contributed by atoms with Gasteiger partial charge in [0.05, 0.1) is 11.9 Å². The normalized spacial score (nSPS) is 15.8. The van der Waals surface area contributed by atoms with E-state index in [4.69, 9.17) is 5.73 Å². The standard InChI is InChI=1S/C17H23N5.HI/c18-17(22-10-6-1-2-7-11-22)20-13-16-19-12-15(21-16)14-8-4-3-5-9-14;/h3-5,8-9,12H,1-2,6-7,10-11,13H2,(H2,18,20)(H,19,21);1H. The molecule has 5 nitrogen and oxygen atoms in total. The van der Waals surface area contributed by atoms with Gasteiger partial charge in [-0.05, 0) is 18.4 Å². The summed E-state index contributed by atoms with van der Waals surface area (Å²) in [5, 5.41) is 0. The van der Waals surface area contributed by atoms with E-state index in [9.17, 15) is 0 Å². The Hall–Kier alpha value is -1.57. The highest BCUT2D eigenvalue weighted by molar-refractivity contribution is 14.0. The summed E-state index contributed by atoms with van der Waals surface area (Å²) in [5.41, 5.74) is 8.26. The number of likely N-dealkylation sites (tertiary alicyclic amines) is 1. The average molecular weight is 425 g/mol. The second kappa shape index (κ2) is 8.90. The lowest BCUT2D eigenvalue weighted by Crippen LogP contribution is -2.38. The number of guanidine groups is 1. The summed E-state index contributed by atoms with van der Waals surface area (Å²) in [7, 11) is 0. The first-order chi connectivity index (χ1) is 10.8. The van der Waals surface area contributed by atoms with Gasteiger partial charge in [-0.25, -0.2) is 9.98 Å². The number of hydrogen-bond acceptors (Lipinski definition) is 2. The number of nitrogens with two attached hydrogens (primary N) is 1. The van der Waals surface area contributed by atoms with Crippen molar-refractivity contribution >= 4 is 29.9 Å². The average Bonchev–Trinajstić information content (AvgIpc) is 2.87. The van der Waals surface area contributed by atoms with Gasteiger partial charge in [0.25, 0.3) is 0 Å². The third-order valence-electron chi connectivity index (χ3n) is 4.03. The molecule has 2 aromatic rings. The first-order valence-electron chi connectivity index (χ1n) is 7.97. The van der Waals surface area contributed by atoms with Crippen LogP contribution in [0.1, 0.15) is 31.5 Å².